The molecule has 0 spiro atoms. The van der Waals surface area contributed by atoms with Gasteiger partial charge in [-0.25, -0.2) is 0 Å². The predicted octanol–water partition coefficient (Wildman–Crippen LogP) is 1.50. The molecular formula is C19H18N2O5. The summed E-state index contributed by atoms with van der Waals surface area (Å²) in [5.41, 5.74) is 1.66. The molecule has 7 heteroatoms. The van der Waals surface area contributed by atoms with Gasteiger partial charge in [-0.3, -0.25) is 14.5 Å². The first-order chi connectivity index (χ1) is 12.7. The number of hydrogen-bond acceptors (Lipinski definition) is 5. The summed E-state index contributed by atoms with van der Waals surface area (Å²) in [4.78, 5) is 25.8. The molecule has 0 saturated heterocycles. The van der Waals surface area contributed by atoms with E-state index in [9.17, 15) is 9.59 Å². The maximum absolute atomic E-state index is 12.3. The summed E-state index contributed by atoms with van der Waals surface area (Å²) in [6, 6.07) is 12.9. The molecule has 2 aromatic rings. The standard InChI is InChI=1S/C19H18N2O5/c22-18(10-21-14-3-1-2-4-15(14)24-11-19(21)23)20-8-7-13-5-6-16-17(9-13)26-12-25-16/h1-6,9H,7-8,10-12H2,(H,20,22). The van der Waals surface area contributed by atoms with E-state index >= 15 is 0 Å². The molecule has 0 saturated carbocycles. The van der Waals surface area contributed by atoms with E-state index in [1.165, 1.54) is 4.90 Å². The van der Waals surface area contributed by atoms with Crippen LogP contribution in [0.3, 0.4) is 0 Å². The van der Waals surface area contributed by atoms with E-state index in [2.05, 4.69) is 5.32 Å². The Hall–Kier alpha value is -3.22. The van der Waals surface area contributed by atoms with Gasteiger partial charge in [0, 0.05) is 6.54 Å². The van der Waals surface area contributed by atoms with E-state index in [0.717, 1.165) is 17.1 Å². The number of nitrogens with zero attached hydrogens (tertiary/aromatic N) is 1. The zero-order valence-electron chi connectivity index (χ0n) is 14.1. The summed E-state index contributed by atoms with van der Waals surface area (Å²) >= 11 is 0. The van der Waals surface area contributed by atoms with Crippen LogP contribution in [0.2, 0.25) is 0 Å². The zero-order chi connectivity index (χ0) is 17.9. The minimum Gasteiger partial charge on any atom is -0.482 e. The molecule has 26 heavy (non-hydrogen) atoms. The van der Waals surface area contributed by atoms with E-state index in [1.54, 1.807) is 12.1 Å². The second kappa shape index (κ2) is 6.95. The van der Waals surface area contributed by atoms with Gasteiger partial charge in [0.25, 0.3) is 5.91 Å². The first-order valence-corrected chi connectivity index (χ1v) is 8.38. The van der Waals surface area contributed by atoms with Gasteiger partial charge in [-0.15, -0.1) is 0 Å². The number of anilines is 1. The molecule has 0 aliphatic carbocycles. The summed E-state index contributed by atoms with van der Waals surface area (Å²) in [5.74, 6) is 1.64. The Morgan fingerprint density at radius 2 is 1.88 bits per heavy atom. The van der Waals surface area contributed by atoms with Gasteiger partial charge in [-0.05, 0) is 36.2 Å². The van der Waals surface area contributed by atoms with Gasteiger partial charge in [0.15, 0.2) is 18.1 Å². The number of nitrogens with one attached hydrogen (secondary N) is 1. The van der Waals surface area contributed by atoms with Crippen LogP contribution in [0, 0.1) is 0 Å². The molecule has 0 unspecified atom stereocenters. The second-order valence-electron chi connectivity index (χ2n) is 6.02. The Labute approximate surface area is 150 Å². The van der Waals surface area contributed by atoms with Crippen molar-refractivity contribution in [3.63, 3.8) is 0 Å². The highest BCUT2D eigenvalue weighted by molar-refractivity contribution is 6.02. The molecule has 2 heterocycles. The fraction of sp³-hybridized carbons (Fsp3) is 0.263. The average molecular weight is 354 g/mol. The fourth-order valence-corrected chi connectivity index (χ4v) is 2.97. The molecule has 0 radical (unpaired) electrons. The lowest BCUT2D eigenvalue weighted by Crippen LogP contribution is -2.45. The molecule has 0 aromatic heterocycles. The van der Waals surface area contributed by atoms with Crippen molar-refractivity contribution in [2.75, 3.05) is 31.4 Å². The average Bonchev–Trinajstić information content (AvgIpc) is 3.12. The lowest BCUT2D eigenvalue weighted by Gasteiger charge is -2.28. The number of carbonyl (C=O) groups is 2. The van der Waals surface area contributed by atoms with Crippen molar-refractivity contribution in [2.24, 2.45) is 0 Å². The molecule has 2 aliphatic heterocycles. The highest BCUT2D eigenvalue weighted by atomic mass is 16.7. The number of rotatable bonds is 5. The first kappa shape index (κ1) is 16.3. The van der Waals surface area contributed by atoms with Crippen LogP contribution in [0.15, 0.2) is 42.5 Å². The molecule has 2 amide bonds. The number of benzene rings is 2. The highest BCUT2D eigenvalue weighted by Gasteiger charge is 2.26. The maximum atomic E-state index is 12.3. The Bertz CT molecular complexity index is 852. The van der Waals surface area contributed by atoms with Gasteiger partial charge in [0.2, 0.25) is 12.7 Å². The number of para-hydroxylation sites is 2. The lowest BCUT2D eigenvalue weighted by atomic mass is 10.1. The van der Waals surface area contributed by atoms with Crippen LogP contribution < -0.4 is 24.4 Å². The monoisotopic (exact) mass is 354 g/mol. The number of carbonyl (C=O) groups excluding carboxylic acids is 2. The van der Waals surface area contributed by atoms with Crippen molar-refractivity contribution in [3.05, 3.63) is 48.0 Å². The minimum absolute atomic E-state index is 0.0274. The molecule has 0 bridgehead atoms. The van der Waals surface area contributed by atoms with Gasteiger partial charge < -0.3 is 19.5 Å². The van der Waals surface area contributed by atoms with Crippen LogP contribution >= 0.6 is 0 Å². The maximum Gasteiger partial charge on any atom is 0.265 e. The molecule has 0 fully saturated rings. The van der Waals surface area contributed by atoms with E-state index in [0.29, 0.717) is 24.4 Å². The summed E-state index contributed by atoms with van der Waals surface area (Å²) in [5, 5.41) is 2.85. The molecule has 1 N–H and O–H groups in total. The molecule has 134 valence electrons. The number of amides is 2. The van der Waals surface area contributed by atoms with Crippen molar-refractivity contribution in [2.45, 2.75) is 6.42 Å². The van der Waals surface area contributed by atoms with Crippen LogP contribution in [0.5, 0.6) is 17.2 Å². The van der Waals surface area contributed by atoms with Crippen LogP contribution in [0.4, 0.5) is 5.69 Å². The molecule has 2 aromatic carbocycles. The highest BCUT2D eigenvalue weighted by Crippen LogP contribution is 2.33. The number of ether oxygens (including phenoxy) is 3. The Kier molecular flexibility index (Phi) is 4.35. The van der Waals surface area contributed by atoms with Gasteiger partial charge in [0.05, 0.1) is 5.69 Å². The Morgan fingerprint density at radius 3 is 2.81 bits per heavy atom. The molecule has 0 atom stereocenters. The number of fused-ring (bicyclic) bond motifs is 2. The Morgan fingerprint density at radius 1 is 1.04 bits per heavy atom. The van der Waals surface area contributed by atoms with Gasteiger partial charge in [0.1, 0.15) is 12.3 Å². The first-order valence-electron chi connectivity index (χ1n) is 8.38. The van der Waals surface area contributed by atoms with Gasteiger partial charge >= 0.3 is 0 Å². The zero-order valence-corrected chi connectivity index (χ0v) is 14.1. The van der Waals surface area contributed by atoms with Crippen molar-refractivity contribution in [1.29, 1.82) is 0 Å². The van der Waals surface area contributed by atoms with E-state index in [1.807, 2.05) is 30.3 Å². The normalized spacial score (nSPS) is 14.6. The molecule has 7 nitrogen and oxygen atoms in total. The summed E-state index contributed by atoms with van der Waals surface area (Å²) in [6.07, 6.45) is 0.663. The lowest BCUT2D eigenvalue weighted by molar-refractivity contribution is -0.125. The SMILES string of the molecule is O=C(CN1C(=O)COc2ccccc21)NCCc1ccc2c(c1)OCO2. The van der Waals surface area contributed by atoms with Crippen molar-refractivity contribution in [1.82, 2.24) is 5.32 Å². The van der Waals surface area contributed by atoms with Gasteiger partial charge in [-0.1, -0.05) is 18.2 Å². The summed E-state index contributed by atoms with van der Waals surface area (Å²) in [6.45, 7) is 0.630. The second-order valence-corrected chi connectivity index (χ2v) is 6.02. The van der Waals surface area contributed by atoms with E-state index < -0.39 is 0 Å². The Balaban J connectivity index is 1.32. The van der Waals surface area contributed by atoms with E-state index in [-0.39, 0.29) is 31.8 Å². The van der Waals surface area contributed by atoms with Crippen molar-refractivity contribution >= 4 is 17.5 Å². The third-order valence-corrected chi connectivity index (χ3v) is 4.28. The fourth-order valence-electron chi connectivity index (χ4n) is 2.97. The van der Waals surface area contributed by atoms with Crippen LogP contribution in [0.25, 0.3) is 0 Å². The summed E-state index contributed by atoms with van der Waals surface area (Å²) in [7, 11) is 0. The van der Waals surface area contributed by atoms with Gasteiger partial charge in [-0.2, -0.15) is 0 Å². The molecule has 4 rings (SSSR count). The minimum atomic E-state index is -0.227. The van der Waals surface area contributed by atoms with E-state index in [4.69, 9.17) is 14.2 Å². The number of hydrogen-bond donors (Lipinski definition) is 1. The molecule has 2 aliphatic rings. The van der Waals surface area contributed by atoms with Crippen molar-refractivity contribution in [3.8, 4) is 17.2 Å². The largest absolute Gasteiger partial charge is 0.482 e. The summed E-state index contributed by atoms with van der Waals surface area (Å²) < 4.78 is 16.0. The third-order valence-electron chi connectivity index (χ3n) is 4.28. The topological polar surface area (TPSA) is 77.1 Å². The predicted molar refractivity (Wildman–Crippen MR) is 93.6 cm³/mol. The van der Waals surface area contributed by atoms with Crippen molar-refractivity contribution < 1.29 is 23.8 Å². The molecular weight excluding hydrogens is 336 g/mol. The quantitative estimate of drug-likeness (QED) is 0.881. The van der Waals surface area contributed by atoms with Crippen LogP contribution in [0.1, 0.15) is 5.56 Å². The van der Waals surface area contributed by atoms with Crippen LogP contribution in [-0.4, -0.2) is 38.3 Å². The van der Waals surface area contributed by atoms with Crippen LogP contribution in [-0.2, 0) is 16.0 Å². The smallest absolute Gasteiger partial charge is 0.265 e. The third kappa shape index (κ3) is 3.28.